The zero-order valence-electron chi connectivity index (χ0n) is 18.8. The molecule has 4 rings (SSSR count). The Morgan fingerprint density at radius 2 is 1.52 bits per heavy atom. The predicted octanol–water partition coefficient (Wildman–Crippen LogP) is 3.37. The molecule has 4 saturated carbocycles. The summed E-state index contributed by atoms with van der Waals surface area (Å²) in [6, 6.07) is 0. The highest BCUT2D eigenvalue weighted by Gasteiger charge is 2.70. The van der Waals surface area contributed by atoms with Gasteiger partial charge in [-0.2, -0.15) is 0 Å². The Kier molecular flexibility index (Phi) is 5.40. The Morgan fingerprint density at radius 3 is 1.97 bits per heavy atom. The maximum absolute atomic E-state index is 12.6. The lowest BCUT2D eigenvalue weighted by atomic mass is 9.37. The van der Waals surface area contributed by atoms with Crippen LogP contribution < -0.4 is 0 Å². The van der Waals surface area contributed by atoms with Crippen molar-refractivity contribution in [1.29, 1.82) is 0 Å². The molecule has 4 aliphatic rings. The van der Waals surface area contributed by atoms with Crippen molar-refractivity contribution < 1.29 is 29.3 Å². The van der Waals surface area contributed by atoms with E-state index in [9.17, 15) is 19.8 Å². The van der Waals surface area contributed by atoms with Gasteiger partial charge in [-0.15, -0.1) is 0 Å². The van der Waals surface area contributed by atoms with E-state index in [1.165, 1.54) is 0 Å². The minimum Gasteiger partial charge on any atom is -0.456 e. The first kappa shape index (κ1) is 22.5. The summed E-state index contributed by atoms with van der Waals surface area (Å²) >= 11 is 0. The summed E-state index contributed by atoms with van der Waals surface area (Å²) in [4.78, 5) is 24.5. The molecule has 0 aliphatic heterocycles. The smallest absolute Gasteiger partial charge is 0.344 e. The summed E-state index contributed by atoms with van der Waals surface area (Å²) in [5.74, 6) is -0.893. The minimum atomic E-state index is -0.941. The van der Waals surface area contributed by atoms with Crippen molar-refractivity contribution in [1.82, 2.24) is 0 Å². The summed E-state index contributed by atoms with van der Waals surface area (Å²) in [6.45, 7) is 10.6. The molecule has 4 bridgehead atoms. The number of hydrogen-bond donors (Lipinski definition) is 2. The van der Waals surface area contributed by atoms with Gasteiger partial charge >= 0.3 is 11.9 Å². The van der Waals surface area contributed by atoms with Crippen molar-refractivity contribution in [2.24, 2.45) is 22.7 Å². The second-order valence-corrected chi connectivity index (χ2v) is 11.3. The average molecular weight is 411 g/mol. The first-order valence-corrected chi connectivity index (χ1v) is 11.0. The summed E-state index contributed by atoms with van der Waals surface area (Å²) < 4.78 is 11.2. The van der Waals surface area contributed by atoms with E-state index < -0.39 is 39.6 Å². The highest BCUT2D eigenvalue weighted by Crippen LogP contribution is 2.72. The summed E-state index contributed by atoms with van der Waals surface area (Å²) in [6.07, 6.45) is 5.07. The highest BCUT2D eigenvalue weighted by molar-refractivity contribution is 5.77. The zero-order valence-corrected chi connectivity index (χ0v) is 18.8. The third-order valence-electron chi connectivity index (χ3n) is 8.29. The second-order valence-electron chi connectivity index (χ2n) is 11.3. The molecule has 0 heterocycles. The Labute approximate surface area is 174 Å². The average Bonchev–Trinajstić information content (AvgIpc) is 2.55. The molecule has 0 aromatic carbocycles. The molecular formula is C23H38O6. The number of ether oxygens (including phenoxy) is 2. The maximum Gasteiger partial charge on any atom is 0.344 e. The molecule has 29 heavy (non-hydrogen) atoms. The van der Waals surface area contributed by atoms with Crippen LogP contribution in [0.4, 0.5) is 0 Å². The van der Waals surface area contributed by atoms with Gasteiger partial charge in [0.1, 0.15) is 5.60 Å². The summed E-state index contributed by atoms with van der Waals surface area (Å²) in [5, 5.41) is 22.2. The van der Waals surface area contributed by atoms with E-state index in [0.717, 1.165) is 25.7 Å². The van der Waals surface area contributed by atoms with Crippen LogP contribution in [0.3, 0.4) is 0 Å². The quantitative estimate of drug-likeness (QED) is 0.625. The van der Waals surface area contributed by atoms with Crippen molar-refractivity contribution in [2.75, 3.05) is 6.61 Å². The normalized spacial score (nSPS) is 37.3. The van der Waals surface area contributed by atoms with Crippen LogP contribution in [-0.2, 0) is 19.1 Å². The van der Waals surface area contributed by atoms with Gasteiger partial charge in [-0.1, -0.05) is 13.8 Å². The molecule has 4 aliphatic carbocycles. The summed E-state index contributed by atoms with van der Waals surface area (Å²) in [7, 11) is 0. The molecule has 2 N–H and O–H groups in total. The largest absolute Gasteiger partial charge is 0.456 e. The molecule has 166 valence electrons. The van der Waals surface area contributed by atoms with Crippen LogP contribution in [0.5, 0.6) is 0 Å². The fourth-order valence-electron chi connectivity index (χ4n) is 6.54. The van der Waals surface area contributed by atoms with Crippen LogP contribution in [0.2, 0.25) is 0 Å². The molecule has 0 spiro atoms. The molecule has 0 radical (unpaired) electrons. The zero-order chi connectivity index (χ0) is 21.9. The van der Waals surface area contributed by atoms with Crippen LogP contribution in [-0.4, -0.2) is 45.6 Å². The van der Waals surface area contributed by atoms with E-state index in [0.29, 0.717) is 25.2 Å². The van der Waals surface area contributed by atoms with E-state index in [-0.39, 0.29) is 12.5 Å². The lowest BCUT2D eigenvalue weighted by Crippen LogP contribution is -2.70. The minimum absolute atomic E-state index is 0.251. The third-order valence-corrected chi connectivity index (χ3v) is 8.29. The number of carbonyl (C=O) groups is 2. The molecule has 3 atom stereocenters. The van der Waals surface area contributed by atoms with Gasteiger partial charge in [-0.3, -0.25) is 4.79 Å². The van der Waals surface area contributed by atoms with Crippen LogP contribution in [0.15, 0.2) is 0 Å². The third kappa shape index (κ3) is 3.83. The lowest BCUT2D eigenvalue weighted by Gasteiger charge is -2.70. The van der Waals surface area contributed by atoms with Crippen molar-refractivity contribution in [3.63, 3.8) is 0 Å². The monoisotopic (exact) mass is 410 g/mol. The van der Waals surface area contributed by atoms with Gasteiger partial charge in [-0.05, 0) is 78.6 Å². The van der Waals surface area contributed by atoms with E-state index in [4.69, 9.17) is 9.47 Å². The molecule has 6 heteroatoms. The number of aliphatic hydroxyl groups is 2. The maximum atomic E-state index is 12.6. The molecule has 0 aromatic rings. The number of esters is 2. The SMILES string of the molecule is CCC(C)C(=O)OCC(=O)OC12CC3CC(C(C)(C)O)(C1)CC(C(C)(C)O)(C3)C2. The fraction of sp³-hybridized carbons (Fsp3) is 0.913. The van der Waals surface area contributed by atoms with Crippen LogP contribution in [0.1, 0.15) is 86.5 Å². The Morgan fingerprint density at radius 1 is 1.00 bits per heavy atom. The Hall–Kier alpha value is -1.14. The van der Waals surface area contributed by atoms with Crippen LogP contribution >= 0.6 is 0 Å². The Bertz CT molecular complexity index is 640. The molecule has 0 amide bonds. The topological polar surface area (TPSA) is 93.1 Å². The second kappa shape index (κ2) is 6.94. The van der Waals surface area contributed by atoms with Gasteiger partial charge in [0, 0.05) is 10.8 Å². The van der Waals surface area contributed by atoms with E-state index >= 15 is 0 Å². The van der Waals surface area contributed by atoms with Crippen molar-refractivity contribution >= 4 is 11.9 Å². The van der Waals surface area contributed by atoms with Gasteiger partial charge in [0.05, 0.1) is 17.1 Å². The van der Waals surface area contributed by atoms with E-state index in [1.54, 1.807) is 6.92 Å². The van der Waals surface area contributed by atoms with Crippen molar-refractivity contribution in [2.45, 2.75) is 103 Å². The number of hydrogen-bond acceptors (Lipinski definition) is 6. The fourth-order valence-corrected chi connectivity index (χ4v) is 6.54. The van der Waals surface area contributed by atoms with E-state index in [2.05, 4.69) is 0 Å². The molecule has 6 nitrogen and oxygen atoms in total. The first-order valence-electron chi connectivity index (χ1n) is 11.0. The molecular weight excluding hydrogens is 372 g/mol. The van der Waals surface area contributed by atoms with Gasteiger partial charge in [0.2, 0.25) is 0 Å². The molecule has 3 unspecified atom stereocenters. The highest BCUT2D eigenvalue weighted by atomic mass is 16.6. The predicted molar refractivity (Wildman–Crippen MR) is 108 cm³/mol. The van der Waals surface area contributed by atoms with Crippen LogP contribution in [0.25, 0.3) is 0 Å². The molecule has 0 aromatic heterocycles. The molecule has 4 fully saturated rings. The lowest BCUT2D eigenvalue weighted by molar-refractivity contribution is -0.286. The number of rotatable bonds is 7. The van der Waals surface area contributed by atoms with Crippen molar-refractivity contribution in [3.05, 3.63) is 0 Å². The van der Waals surface area contributed by atoms with Gasteiger partial charge < -0.3 is 19.7 Å². The molecule has 0 saturated heterocycles. The Balaban J connectivity index is 1.83. The van der Waals surface area contributed by atoms with Gasteiger partial charge in [0.25, 0.3) is 0 Å². The first-order chi connectivity index (χ1) is 13.2. The van der Waals surface area contributed by atoms with Gasteiger partial charge in [-0.25, -0.2) is 4.79 Å². The standard InChI is InChI=1S/C23H38O6/c1-7-15(2)18(25)28-11-17(24)29-23-10-16-8-21(13-23,19(3,4)26)12-22(9-16,14-23)20(5,6)27/h15-16,26-27H,7-14H2,1-6H3. The van der Waals surface area contributed by atoms with Gasteiger partial charge in [0.15, 0.2) is 6.61 Å². The van der Waals surface area contributed by atoms with E-state index in [1.807, 2.05) is 34.6 Å². The number of carbonyl (C=O) groups excluding carboxylic acids is 2. The van der Waals surface area contributed by atoms with Crippen molar-refractivity contribution in [3.8, 4) is 0 Å². The van der Waals surface area contributed by atoms with Crippen LogP contribution in [0, 0.1) is 22.7 Å². The summed E-state index contributed by atoms with van der Waals surface area (Å²) in [5.41, 5.74) is -3.41.